The van der Waals surface area contributed by atoms with Gasteiger partial charge < -0.3 is 14.7 Å². The molecule has 0 unspecified atom stereocenters. The van der Waals surface area contributed by atoms with Crippen LogP contribution >= 0.6 is 0 Å². The van der Waals surface area contributed by atoms with Gasteiger partial charge in [-0.1, -0.05) is 6.07 Å². The Hall–Kier alpha value is -1.65. The van der Waals surface area contributed by atoms with E-state index in [1.165, 1.54) is 6.42 Å². The van der Waals surface area contributed by atoms with Gasteiger partial charge in [-0.05, 0) is 29.8 Å². The van der Waals surface area contributed by atoms with E-state index in [0.29, 0.717) is 12.2 Å². The predicted octanol–water partition coefficient (Wildman–Crippen LogP) is 1.70. The molecule has 2 bridgehead atoms. The van der Waals surface area contributed by atoms with E-state index in [-0.39, 0.29) is 6.61 Å². The summed E-state index contributed by atoms with van der Waals surface area (Å²) >= 11 is 0. The number of pyridine rings is 1. The van der Waals surface area contributed by atoms with Crippen LogP contribution in [0, 0.1) is 0 Å². The van der Waals surface area contributed by atoms with Crippen LogP contribution in [-0.4, -0.2) is 35.4 Å². The monoisotopic (exact) mass is 256 g/mol. The number of fused-ring (bicyclic) bond motifs is 3. The molecule has 0 aliphatic carbocycles. The molecule has 3 aliphatic rings. The first-order valence-corrected chi connectivity index (χ1v) is 6.73. The van der Waals surface area contributed by atoms with Crippen molar-refractivity contribution in [1.82, 2.24) is 4.98 Å². The molecule has 0 radical (unpaired) electrons. The van der Waals surface area contributed by atoms with Gasteiger partial charge in [0.2, 0.25) is 0 Å². The maximum atomic E-state index is 9.15. The van der Waals surface area contributed by atoms with E-state index in [4.69, 9.17) is 14.8 Å². The average Bonchev–Trinajstić information content (AvgIpc) is 2.45. The van der Waals surface area contributed by atoms with Crippen LogP contribution < -0.4 is 4.90 Å². The molecule has 4 heterocycles. The molecule has 3 fully saturated rings. The number of piperidine rings is 1. The minimum Gasteiger partial charge on any atom is -0.392 e. The van der Waals surface area contributed by atoms with E-state index in [0.717, 1.165) is 35.4 Å². The fraction of sp³-hybridized carbons (Fsp3) is 0.400. The lowest BCUT2D eigenvalue weighted by molar-refractivity contribution is -0.133. The third kappa shape index (κ3) is 1.88. The lowest BCUT2D eigenvalue weighted by Crippen LogP contribution is -2.57. The van der Waals surface area contributed by atoms with Crippen LogP contribution in [0.3, 0.4) is 0 Å². The van der Waals surface area contributed by atoms with E-state index in [1.807, 2.05) is 18.2 Å². The van der Waals surface area contributed by atoms with Crippen LogP contribution in [0.5, 0.6) is 0 Å². The molecule has 19 heavy (non-hydrogen) atoms. The lowest BCUT2D eigenvalue weighted by atomic mass is 9.99. The molecule has 98 valence electrons. The molecule has 2 aromatic rings. The van der Waals surface area contributed by atoms with Crippen molar-refractivity contribution < 1.29 is 9.84 Å². The lowest BCUT2D eigenvalue weighted by Gasteiger charge is -2.47. The number of benzene rings is 1. The van der Waals surface area contributed by atoms with Crippen LogP contribution in [0.25, 0.3) is 10.9 Å². The predicted molar refractivity (Wildman–Crippen MR) is 73.2 cm³/mol. The first kappa shape index (κ1) is 11.2. The molecule has 3 saturated heterocycles. The van der Waals surface area contributed by atoms with E-state index < -0.39 is 0 Å². The molecule has 1 N–H and O–H groups in total. The van der Waals surface area contributed by atoms with Crippen molar-refractivity contribution >= 4 is 16.7 Å². The molecule has 4 heteroatoms. The SMILES string of the molecule is OCc1ccc2nc(N3C[C@H]4C[C@@H](C3)O4)ccc2c1. The highest BCUT2D eigenvalue weighted by Crippen LogP contribution is 2.31. The number of ether oxygens (including phenoxy) is 1. The minimum absolute atomic E-state index is 0.0739. The Morgan fingerprint density at radius 2 is 2.00 bits per heavy atom. The first-order valence-electron chi connectivity index (χ1n) is 6.73. The Balaban J connectivity index is 1.68. The number of nitrogens with zero attached hydrogens (tertiary/aromatic N) is 2. The van der Waals surface area contributed by atoms with E-state index >= 15 is 0 Å². The molecular formula is C15H16N2O2. The van der Waals surface area contributed by atoms with E-state index in [1.54, 1.807) is 0 Å². The third-order valence-electron chi connectivity index (χ3n) is 4.00. The Kier molecular flexibility index (Phi) is 2.47. The molecule has 1 aromatic heterocycles. The van der Waals surface area contributed by atoms with Crippen LogP contribution in [0.1, 0.15) is 12.0 Å². The number of morpholine rings is 1. The zero-order valence-corrected chi connectivity index (χ0v) is 10.6. The second kappa shape index (κ2) is 4.18. The maximum absolute atomic E-state index is 9.15. The quantitative estimate of drug-likeness (QED) is 0.888. The summed E-state index contributed by atoms with van der Waals surface area (Å²) in [4.78, 5) is 7.03. The Morgan fingerprint density at radius 1 is 1.21 bits per heavy atom. The van der Waals surface area contributed by atoms with Crippen molar-refractivity contribution in [1.29, 1.82) is 0 Å². The van der Waals surface area contributed by atoms with Gasteiger partial charge >= 0.3 is 0 Å². The fourth-order valence-corrected chi connectivity index (χ4v) is 2.98. The Bertz CT molecular complexity index is 613. The summed E-state index contributed by atoms with van der Waals surface area (Å²) in [6.07, 6.45) is 1.99. The summed E-state index contributed by atoms with van der Waals surface area (Å²) in [5.74, 6) is 1.03. The van der Waals surface area contributed by atoms with Gasteiger partial charge in [0.05, 0.1) is 24.3 Å². The van der Waals surface area contributed by atoms with Gasteiger partial charge in [-0.2, -0.15) is 0 Å². The summed E-state index contributed by atoms with van der Waals surface area (Å²) < 4.78 is 5.65. The van der Waals surface area contributed by atoms with Gasteiger partial charge in [0.25, 0.3) is 0 Å². The fourth-order valence-electron chi connectivity index (χ4n) is 2.98. The smallest absolute Gasteiger partial charge is 0.129 e. The van der Waals surface area contributed by atoms with Crippen molar-refractivity contribution in [2.24, 2.45) is 0 Å². The summed E-state index contributed by atoms with van der Waals surface area (Å²) in [6, 6.07) is 10.0. The van der Waals surface area contributed by atoms with Gasteiger partial charge in [0.1, 0.15) is 5.82 Å². The Morgan fingerprint density at radius 3 is 2.74 bits per heavy atom. The zero-order chi connectivity index (χ0) is 12.8. The maximum Gasteiger partial charge on any atom is 0.129 e. The van der Waals surface area contributed by atoms with Crippen molar-refractivity contribution in [3.63, 3.8) is 0 Å². The van der Waals surface area contributed by atoms with Gasteiger partial charge in [-0.25, -0.2) is 4.98 Å². The number of hydrogen-bond donors (Lipinski definition) is 1. The average molecular weight is 256 g/mol. The molecule has 0 spiro atoms. The normalized spacial score (nSPS) is 25.4. The number of aliphatic hydroxyl groups is 1. The largest absolute Gasteiger partial charge is 0.392 e. The zero-order valence-electron chi connectivity index (χ0n) is 10.6. The molecule has 0 amide bonds. The number of aromatic nitrogens is 1. The van der Waals surface area contributed by atoms with Crippen LogP contribution in [0.4, 0.5) is 5.82 Å². The van der Waals surface area contributed by atoms with Gasteiger partial charge in [-0.3, -0.25) is 0 Å². The molecule has 4 nitrogen and oxygen atoms in total. The van der Waals surface area contributed by atoms with Crippen LogP contribution in [-0.2, 0) is 11.3 Å². The van der Waals surface area contributed by atoms with Crippen molar-refractivity contribution in [3.05, 3.63) is 35.9 Å². The van der Waals surface area contributed by atoms with Crippen LogP contribution in [0.2, 0.25) is 0 Å². The standard InChI is InChI=1S/C15H16N2O2/c18-9-10-1-3-14-11(5-10)2-4-15(16-14)17-7-12-6-13(8-17)19-12/h1-5,12-13,18H,6-9H2/t12-,13+. The minimum atomic E-state index is 0.0739. The van der Waals surface area contributed by atoms with Crippen molar-refractivity contribution in [3.8, 4) is 0 Å². The second-order valence-electron chi connectivity index (χ2n) is 5.38. The highest BCUT2D eigenvalue weighted by Gasteiger charge is 2.38. The summed E-state index contributed by atoms with van der Waals surface area (Å²) in [6.45, 7) is 1.97. The van der Waals surface area contributed by atoms with E-state index in [9.17, 15) is 0 Å². The third-order valence-corrected chi connectivity index (χ3v) is 4.00. The van der Waals surface area contributed by atoms with Crippen molar-refractivity contribution in [2.75, 3.05) is 18.0 Å². The Labute approximate surface area is 111 Å². The van der Waals surface area contributed by atoms with Crippen LogP contribution in [0.15, 0.2) is 30.3 Å². The molecule has 5 rings (SSSR count). The highest BCUT2D eigenvalue weighted by molar-refractivity contribution is 5.81. The summed E-state index contributed by atoms with van der Waals surface area (Å²) in [5.41, 5.74) is 1.91. The molecule has 3 aliphatic heterocycles. The topological polar surface area (TPSA) is 45.6 Å². The van der Waals surface area contributed by atoms with E-state index in [2.05, 4.69) is 17.0 Å². The number of anilines is 1. The van der Waals surface area contributed by atoms with Gasteiger partial charge in [0, 0.05) is 24.9 Å². The first-order chi connectivity index (χ1) is 9.31. The highest BCUT2D eigenvalue weighted by atomic mass is 16.5. The second-order valence-corrected chi connectivity index (χ2v) is 5.38. The number of rotatable bonds is 2. The van der Waals surface area contributed by atoms with Gasteiger partial charge in [-0.15, -0.1) is 0 Å². The van der Waals surface area contributed by atoms with Gasteiger partial charge in [0.15, 0.2) is 0 Å². The van der Waals surface area contributed by atoms with Crippen molar-refractivity contribution in [2.45, 2.75) is 25.2 Å². The molecule has 2 atom stereocenters. The number of hydrogen-bond acceptors (Lipinski definition) is 4. The summed E-state index contributed by atoms with van der Waals surface area (Å²) in [7, 11) is 0. The molecule has 0 saturated carbocycles. The molecular weight excluding hydrogens is 240 g/mol. The number of aliphatic hydroxyl groups excluding tert-OH is 1. The summed E-state index contributed by atoms with van der Waals surface area (Å²) in [5, 5.41) is 10.2. The molecule has 1 aromatic carbocycles.